The van der Waals surface area contributed by atoms with Crippen LogP contribution in [0.1, 0.15) is 39.8 Å². The highest BCUT2D eigenvalue weighted by atomic mass is 32.1. The summed E-state index contributed by atoms with van der Waals surface area (Å²) in [5.74, 6) is 0.674. The fourth-order valence-corrected chi connectivity index (χ4v) is 3.49. The SMILES string of the molecule is Cc1csc(C(=O)N2CCC(c3ccccc3)CC2)n1. The summed E-state index contributed by atoms with van der Waals surface area (Å²) in [7, 11) is 0. The molecule has 1 aromatic heterocycles. The molecule has 104 valence electrons. The van der Waals surface area contributed by atoms with Gasteiger partial charge in [-0.3, -0.25) is 4.79 Å². The van der Waals surface area contributed by atoms with Crippen molar-refractivity contribution < 1.29 is 4.79 Å². The number of piperidine rings is 1. The number of likely N-dealkylation sites (tertiary alicyclic amines) is 1. The van der Waals surface area contributed by atoms with Gasteiger partial charge in [-0.2, -0.15) is 0 Å². The van der Waals surface area contributed by atoms with Crippen LogP contribution in [0.2, 0.25) is 0 Å². The van der Waals surface area contributed by atoms with Crippen LogP contribution in [-0.4, -0.2) is 28.9 Å². The van der Waals surface area contributed by atoms with Crippen molar-refractivity contribution in [1.82, 2.24) is 9.88 Å². The molecule has 0 spiro atoms. The number of benzene rings is 1. The average molecular weight is 286 g/mol. The summed E-state index contributed by atoms with van der Waals surface area (Å²) in [5.41, 5.74) is 2.32. The van der Waals surface area contributed by atoms with Gasteiger partial charge in [0.25, 0.3) is 5.91 Å². The van der Waals surface area contributed by atoms with Crippen molar-refractivity contribution in [2.75, 3.05) is 13.1 Å². The van der Waals surface area contributed by atoms with Gasteiger partial charge in [-0.05, 0) is 31.2 Å². The fourth-order valence-electron chi connectivity index (χ4n) is 2.73. The van der Waals surface area contributed by atoms with Gasteiger partial charge in [-0.25, -0.2) is 4.98 Å². The monoisotopic (exact) mass is 286 g/mol. The van der Waals surface area contributed by atoms with Crippen LogP contribution in [0, 0.1) is 6.92 Å². The van der Waals surface area contributed by atoms with E-state index < -0.39 is 0 Å². The molecule has 1 amide bonds. The fraction of sp³-hybridized carbons (Fsp3) is 0.375. The first-order valence-electron chi connectivity index (χ1n) is 7.00. The van der Waals surface area contributed by atoms with Crippen molar-refractivity contribution in [3.8, 4) is 0 Å². The van der Waals surface area contributed by atoms with E-state index in [2.05, 4.69) is 29.2 Å². The maximum absolute atomic E-state index is 12.3. The van der Waals surface area contributed by atoms with Crippen LogP contribution in [-0.2, 0) is 0 Å². The second-order valence-electron chi connectivity index (χ2n) is 5.27. The van der Waals surface area contributed by atoms with E-state index in [9.17, 15) is 4.79 Å². The van der Waals surface area contributed by atoms with Crippen molar-refractivity contribution in [3.05, 3.63) is 52.0 Å². The van der Waals surface area contributed by atoms with Gasteiger partial charge in [-0.1, -0.05) is 30.3 Å². The summed E-state index contributed by atoms with van der Waals surface area (Å²) in [6.07, 6.45) is 2.08. The van der Waals surface area contributed by atoms with Crippen LogP contribution in [0.15, 0.2) is 35.7 Å². The minimum absolute atomic E-state index is 0.0922. The van der Waals surface area contributed by atoms with Crippen LogP contribution >= 0.6 is 11.3 Å². The maximum atomic E-state index is 12.3. The number of nitrogens with zero attached hydrogens (tertiary/aromatic N) is 2. The zero-order valence-electron chi connectivity index (χ0n) is 11.6. The Morgan fingerprint density at radius 1 is 1.25 bits per heavy atom. The molecule has 3 nitrogen and oxygen atoms in total. The molecule has 1 saturated heterocycles. The molecule has 0 bridgehead atoms. The molecule has 0 saturated carbocycles. The molecular weight excluding hydrogens is 268 g/mol. The molecule has 0 radical (unpaired) electrons. The number of thiazole rings is 1. The van der Waals surface area contributed by atoms with Crippen LogP contribution in [0.3, 0.4) is 0 Å². The Hall–Kier alpha value is -1.68. The molecule has 0 unspecified atom stereocenters. The predicted molar refractivity (Wildman–Crippen MR) is 81.2 cm³/mol. The Balaban J connectivity index is 1.63. The van der Waals surface area contributed by atoms with E-state index in [1.165, 1.54) is 16.9 Å². The Morgan fingerprint density at radius 2 is 1.95 bits per heavy atom. The molecule has 1 aliphatic heterocycles. The summed E-state index contributed by atoms with van der Waals surface area (Å²) < 4.78 is 0. The predicted octanol–water partition coefficient (Wildman–Crippen LogP) is 3.47. The first-order chi connectivity index (χ1) is 9.74. The van der Waals surface area contributed by atoms with E-state index in [0.29, 0.717) is 10.9 Å². The van der Waals surface area contributed by atoms with Gasteiger partial charge in [-0.15, -0.1) is 11.3 Å². The van der Waals surface area contributed by atoms with Crippen molar-refractivity contribution in [3.63, 3.8) is 0 Å². The summed E-state index contributed by atoms with van der Waals surface area (Å²) >= 11 is 1.45. The molecule has 1 aromatic carbocycles. The molecule has 0 aliphatic carbocycles. The number of rotatable bonds is 2. The third-order valence-corrected chi connectivity index (χ3v) is 4.80. The lowest BCUT2D eigenvalue weighted by molar-refractivity contribution is 0.0712. The molecule has 1 fully saturated rings. The molecule has 2 heterocycles. The smallest absolute Gasteiger partial charge is 0.282 e. The molecule has 20 heavy (non-hydrogen) atoms. The summed E-state index contributed by atoms with van der Waals surface area (Å²) in [5, 5.41) is 2.56. The normalized spacial score (nSPS) is 16.4. The van der Waals surface area contributed by atoms with Crippen LogP contribution in [0.4, 0.5) is 0 Å². The van der Waals surface area contributed by atoms with Crippen molar-refractivity contribution in [2.24, 2.45) is 0 Å². The molecule has 3 rings (SSSR count). The van der Waals surface area contributed by atoms with E-state index in [4.69, 9.17) is 0 Å². The highest BCUT2D eigenvalue weighted by Crippen LogP contribution is 2.28. The Bertz CT molecular complexity index is 586. The van der Waals surface area contributed by atoms with Gasteiger partial charge in [0.2, 0.25) is 0 Å². The van der Waals surface area contributed by atoms with E-state index in [0.717, 1.165) is 31.6 Å². The summed E-state index contributed by atoms with van der Waals surface area (Å²) in [4.78, 5) is 18.6. The average Bonchev–Trinajstić information content (AvgIpc) is 2.94. The Kier molecular flexibility index (Phi) is 3.83. The van der Waals surface area contributed by atoms with Crippen molar-refractivity contribution >= 4 is 17.2 Å². The van der Waals surface area contributed by atoms with Crippen molar-refractivity contribution in [2.45, 2.75) is 25.7 Å². The number of aromatic nitrogens is 1. The topological polar surface area (TPSA) is 33.2 Å². The number of aryl methyl sites for hydroxylation is 1. The van der Waals surface area contributed by atoms with Gasteiger partial charge < -0.3 is 4.90 Å². The van der Waals surface area contributed by atoms with E-state index in [1.807, 2.05) is 23.3 Å². The van der Waals surface area contributed by atoms with Gasteiger partial charge in [0.1, 0.15) is 0 Å². The number of hydrogen-bond acceptors (Lipinski definition) is 3. The highest BCUT2D eigenvalue weighted by molar-refractivity contribution is 7.11. The summed E-state index contributed by atoms with van der Waals surface area (Å²) in [6, 6.07) is 10.6. The van der Waals surface area contributed by atoms with Gasteiger partial charge in [0.05, 0.1) is 0 Å². The first kappa shape index (κ1) is 13.3. The van der Waals surface area contributed by atoms with Gasteiger partial charge in [0.15, 0.2) is 5.01 Å². The van der Waals surface area contributed by atoms with E-state index in [1.54, 1.807) is 0 Å². The Morgan fingerprint density at radius 3 is 2.55 bits per heavy atom. The number of carbonyl (C=O) groups excluding carboxylic acids is 1. The molecule has 0 N–H and O–H groups in total. The molecular formula is C16H18N2OS. The molecule has 1 aliphatic rings. The van der Waals surface area contributed by atoms with Gasteiger partial charge in [0, 0.05) is 24.2 Å². The molecule has 0 atom stereocenters. The van der Waals surface area contributed by atoms with Crippen LogP contribution in [0.25, 0.3) is 0 Å². The number of carbonyl (C=O) groups is 1. The van der Waals surface area contributed by atoms with Gasteiger partial charge >= 0.3 is 0 Å². The number of hydrogen-bond donors (Lipinski definition) is 0. The van der Waals surface area contributed by atoms with Crippen molar-refractivity contribution in [1.29, 1.82) is 0 Å². The van der Waals surface area contributed by atoms with Crippen LogP contribution in [0.5, 0.6) is 0 Å². The highest BCUT2D eigenvalue weighted by Gasteiger charge is 2.25. The minimum Gasteiger partial charge on any atom is -0.337 e. The van der Waals surface area contributed by atoms with E-state index >= 15 is 0 Å². The third-order valence-electron chi connectivity index (χ3n) is 3.86. The standard InChI is InChI=1S/C16H18N2OS/c1-12-11-20-15(17-12)16(19)18-9-7-14(8-10-18)13-5-3-2-4-6-13/h2-6,11,14H,7-10H2,1H3. The Labute approximate surface area is 123 Å². The quantitative estimate of drug-likeness (QED) is 0.847. The summed E-state index contributed by atoms with van der Waals surface area (Å²) in [6.45, 7) is 3.59. The zero-order valence-corrected chi connectivity index (χ0v) is 12.4. The lowest BCUT2D eigenvalue weighted by atomic mass is 9.89. The second-order valence-corrected chi connectivity index (χ2v) is 6.13. The maximum Gasteiger partial charge on any atom is 0.282 e. The molecule has 2 aromatic rings. The second kappa shape index (κ2) is 5.75. The first-order valence-corrected chi connectivity index (χ1v) is 7.88. The minimum atomic E-state index is 0.0922. The largest absolute Gasteiger partial charge is 0.337 e. The van der Waals surface area contributed by atoms with Crippen LogP contribution < -0.4 is 0 Å². The molecule has 4 heteroatoms. The number of amides is 1. The zero-order chi connectivity index (χ0) is 13.9. The van der Waals surface area contributed by atoms with E-state index in [-0.39, 0.29) is 5.91 Å². The third kappa shape index (κ3) is 2.75. The lowest BCUT2D eigenvalue weighted by Crippen LogP contribution is -2.37. The lowest BCUT2D eigenvalue weighted by Gasteiger charge is -2.31.